The van der Waals surface area contributed by atoms with Crippen molar-refractivity contribution >= 4 is 0 Å². The topological polar surface area (TPSA) is 47.0 Å². The van der Waals surface area contributed by atoms with Crippen molar-refractivity contribution in [3.05, 3.63) is 23.3 Å². The Kier molecular flexibility index (Phi) is 4.45. The van der Waals surface area contributed by atoms with Gasteiger partial charge in [-0.25, -0.2) is 9.97 Å². The monoisotopic (exact) mass is 235 g/mol. The van der Waals surface area contributed by atoms with Crippen molar-refractivity contribution in [1.29, 1.82) is 0 Å². The molecule has 0 spiro atoms. The minimum Gasteiger partial charge on any atom is -0.381 e. The van der Waals surface area contributed by atoms with E-state index in [0.717, 1.165) is 50.7 Å². The molecule has 0 aliphatic carbocycles. The molecule has 2 heterocycles. The molecule has 1 fully saturated rings. The van der Waals surface area contributed by atoms with Crippen LogP contribution in [0, 0.1) is 6.92 Å². The summed E-state index contributed by atoms with van der Waals surface area (Å²) in [6.07, 6.45) is 2.16. The van der Waals surface area contributed by atoms with Crippen LogP contribution < -0.4 is 5.32 Å². The van der Waals surface area contributed by atoms with Gasteiger partial charge in [0, 0.05) is 30.5 Å². The maximum absolute atomic E-state index is 5.39. The van der Waals surface area contributed by atoms with E-state index in [1.807, 2.05) is 6.92 Å². The van der Waals surface area contributed by atoms with Gasteiger partial charge in [-0.05, 0) is 32.4 Å². The first kappa shape index (κ1) is 12.5. The van der Waals surface area contributed by atoms with Crippen molar-refractivity contribution in [2.75, 3.05) is 19.8 Å². The Morgan fingerprint density at radius 2 is 2.12 bits per heavy atom. The highest BCUT2D eigenvalue weighted by atomic mass is 16.5. The van der Waals surface area contributed by atoms with Crippen LogP contribution in [-0.4, -0.2) is 29.7 Å². The first-order chi connectivity index (χ1) is 8.29. The summed E-state index contributed by atoms with van der Waals surface area (Å²) < 4.78 is 5.39. The standard InChI is InChI=1S/C13H21N3O/c1-3-14-9-13-15-10(2)8-12(16-13)11-4-6-17-7-5-11/h8,11,14H,3-7,9H2,1-2H3. The molecule has 0 unspecified atom stereocenters. The molecule has 1 aliphatic rings. The molecule has 0 radical (unpaired) electrons. The number of ether oxygens (including phenoxy) is 1. The summed E-state index contributed by atoms with van der Waals surface area (Å²) in [4.78, 5) is 9.13. The average Bonchev–Trinajstić information content (AvgIpc) is 2.37. The van der Waals surface area contributed by atoms with Crippen LogP contribution in [0.4, 0.5) is 0 Å². The van der Waals surface area contributed by atoms with Crippen molar-refractivity contribution in [2.24, 2.45) is 0 Å². The van der Waals surface area contributed by atoms with E-state index in [0.29, 0.717) is 5.92 Å². The number of aryl methyl sites for hydroxylation is 1. The Balaban J connectivity index is 2.12. The average molecular weight is 235 g/mol. The first-order valence-corrected chi connectivity index (χ1v) is 6.42. The van der Waals surface area contributed by atoms with Gasteiger partial charge >= 0.3 is 0 Å². The predicted octanol–water partition coefficient (Wildman–Crippen LogP) is 1.79. The fourth-order valence-electron chi connectivity index (χ4n) is 2.17. The second-order valence-electron chi connectivity index (χ2n) is 4.52. The van der Waals surface area contributed by atoms with Crippen LogP contribution >= 0.6 is 0 Å². The highest BCUT2D eigenvalue weighted by Gasteiger charge is 2.18. The third-order valence-electron chi connectivity index (χ3n) is 3.09. The number of nitrogens with one attached hydrogen (secondary N) is 1. The lowest BCUT2D eigenvalue weighted by molar-refractivity contribution is 0.0844. The Bertz CT molecular complexity index is 362. The number of rotatable bonds is 4. The number of hydrogen-bond donors (Lipinski definition) is 1. The van der Waals surface area contributed by atoms with Crippen LogP contribution in [0.1, 0.15) is 42.9 Å². The van der Waals surface area contributed by atoms with E-state index in [-0.39, 0.29) is 0 Å². The molecule has 0 amide bonds. The normalized spacial score (nSPS) is 17.3. The van der Waals surface area contributed by atoms with Gasteiger partial charge in [0.05, 0.1) is 6.54 Å². The van der Waals surface area contributed by atoms with Gasteiger partial charge in [0.2, 0.25) is 0 Å². The molecular weight excluding hydrogens is 214 g/mol. The minimum atomic E-state index is 0.547. The fourth-order valence-corrected chi connectivity index (χ4v) is 2.17. The van der Waals surface area contributed by atoms with E-state index >= 15 is 0 Å². The molecule has 94 valence electrons. The molecule has 1 aromatic rings. The molecule has 2 rings (SSSR count). The zero-order chi connectivity index (χ0) is 12.1. The van der Waals surface area contributed by atoms with Crippen molar-refractivity contribution < 1.29 is 4.74 Å². The Morgan fingerprint density at radius 3 is 2.82 bits per heavy atom. The van der Waals surface area contributed by atoms with Gasteiger partial charge in [0.15, 0.2) is 0 Å². The molecule has 0 bridgehead atoms. The van der Waals surface area contributed by atoms with Gasteiger partial charge in [0.25, 0.3) is 0 Å². The zero-order valence-electron chi connectivity index (χ0n) is 10.7. The minimum absolute atomic E-state index is 0.547. The summed E-state index contributed by atoms with van der Waals surface area (Å²) >= 11 is 0. The third-order valence-corrected chi connectivity index (χ3v) is 3.09. The Hall–Kier alpha value is -1.00. The molecule has 1 N–H and O–H groups in total. The molecule has 1 aromatic heterocycles. The molecule has 17 heavy (non-hydrogen) atoms. The van der Waals surface area contributed by atoms with Crippen molar-refractivity contribution in [1.82, 2.24) is 15.3 Å². The van der Waals surface area contributed by atoms with Gasteiger partial charge in [-0.15, -0.1) is 0 Å². The summed E-state index contributed by atoms with van der Waals surface area (Å²) in [5.41, 5.74) is 2.25. The maximum Gasteiger partial charge on any atom is 0.142 e. The lowest BCUT2D eigenvalue weighted by atomic mass is 9.96. The van der Waals surface area contributed by atoms with Crippen molar-refractivity contribution in [3.8, 4) is 0 Å². The van der Waals surface area contributed by atoms with E-state index < -0.39 is 0 Å². The zero-order valence-corrected chi connectivity index (χ0v) is 10.7. The molecule has 1 saturated heterocycles. The highest BCUT2D eigenvalue weighted by molar-refractivity contribution is 5.15. The number of aromatic nitrogens is 2. The Labute approximate surface area is 103 Å². The molecule has 0 aromatic carbocycles. The van der Waals surface area contributed by atoms with E-state index in [4.69, 9.17) is 4.74 Å². The number of nitrogens with zero attached hydrogens (tertiary/aromatic N) is 2. The first-order valence-electron chi connectivity index (χ1n) is 6.42. The lowest BCUT2D eigenvalue weighted by Gasteiger charge is -2.22. The van der Waals surface area contributed by atoms with Gasteiger partial charge < -0.3 is 10.1 Å². The SMILES string of the molecule is CCNCc1nc(C)cc(C2CCOCC2)n1. The summed E-state index contributed by atoms with van der Waals surface area (Å²) in [5.74, 6) is 1.46. The van der Waals surface area contributed by atoms with E-state index in [2.05, 4.69) is 28.3 Å². The second-order valence-corrected chi connectivity index (χ2v) is 4.52. The van der Waals surface area contributed by atoms with Crippen molar-refractivity contribution in [3.63, 3.8) is 0 Å². The van der Waals surface area contributed by atoms with E-state index in [1.54, 1.807) is 0 Å². The van der Waals surface area contributed by atoms with Gasteiger partial charge in [-0.1, -0.05) is 6.92 Å². The summed E-state index contributed by atoms with van der Waals surface area (Å²) in [6.45, 7) is 7.56. The lowest BCUT2D eigenvalue weighted by Crippen LogP contribution is -2.19. The van der Waals surface area contributed by atoms with E-state index in [9.17, 15) is 0 Å². The van der Waals surface area contributed by atoms with Crippen LogP contribution in [0.2, 0.25) is 0 Å². The van der Waals surface area contributed by atoms with Crippen LogP contribution in [-0.2, 0) is 11.3 Å². The van der Waals surface area contributed by atoms with Crippen LogP contribution in [0.25, 0.3) is 0 Å². The third kappa shape index (κ3) is 3.48. The van der Waals surface area contributed by atoms with Gasteiger partial charge in [0.1, 0.15) is 5.82 Å². The molecule has 1 aliphatic heterocycles. The molecule has 0 atom stereocenters. The molecular formula is C13H21N3O. The predicted molar refractivity (Wildman–Crippen MR) is 66.9 cm³/mol. The molecule has 4 heteroatoms. The van der Waals surface area contributed by atoms with Gasteiger partial charge in [-0.2, -0.15) is 0 Å². The quantitative estimate of drug-likeness (QED) is 0.864. The maximum atomic E-state index is 5.39. The number of hydrogen-bond acceptors (Lipinski definition) is 4. The molecule has 4 nitrogen and oxygen atoms in total. The van der Waals surface area contributed by atoms with Crippen LogP contribution in [0.5, 0.6) is 0 Å². The largest absolute Gasteiger partial charge is 0.381 e. The fraction of sp³-hybridized carbons (Fsp3) is 0.692. The van der Waals surface area contributed by atoms with Gasteiger partial charge in [-0.3, -0.25) is 0 Å². The van der Waals surface area contributed by atoms with Crippen LogP contribution in [0.15, 0.2) is 6.07 Å². The highest BCUT2D eigenvalue weighted by Crippen LogP contribution is 2.25. The van der Waals surface area contributed by atoms with Crippen LogP contribution in [0.3, 0.4) is 0 Å². The summed E-state index contributed by atoms with van der Waals surface area (Å²) in [5, 5.41) is 3.27. The smallest absolute Gasteiger partial charge is 0.142 e. The summed E-state index contributed by atoms with van der Waals surface area (Å²) in [7, 11) is 0. The second kappa shape index (κ2) is 6.07. The van der Waals surface area contributed by atoms with Crippen molar-refractivity contribution in [2.45, 2.75) is 39.2 Å². The summed E-state index contributed by atoms with van der Waals surface area (Å²) in [6, 6.07) is 2.12. The van der Waals surface area contributed by atoms with E-state index in [1.165, 1.54) is 5.69 Å². The molecule has 0 saturated carbocycles. The Morgan fingerprint density at radius 1 is 1.35 bits per heavy atom.